The van der Waals surface area contributed by atoms with Gasteiger partial charge in [-0.15, -0.1) is 0 Å². The molecule has 2 unspecified atom stereocenters. The molecule has 11 heteroatoms. The molecule has 33 heavy (non-hydrogen) atoms. The molecule has 2 aromatic rings. The molecule has 178 valence electrons. The standard InChI is InChI=1S/C22H20F6N2O2S/c1-29-19(33)20(14-5-4-8-30-12-14)7-3-2-6-17(20)32-18(31)13-9-15(21(23,24)25)11-16(10-13)22(26,27)28/h4-5,8-12,17H,2-3,6-7H2,1H3,(H,29,33). The Bertz CT molecular complexity index is 994. The highest BCUT2D eigenvalue weighted by atomic mass is 32.1. The number of benzene rings is 1. The van der Waals surface area contributed by atoms with Crippen LogP contribution in [0.2, 0.25) is 0 Å². The maximum atomic E-state index is 13.2. The maximum Gasteiger partial charge on any atom is 0.416 e. The lowest BCUT2D eigenvalue weighted by Crippen LogP contribution is -2.53. The molecule has 1 heterocycles. The summed E-state index contributed by atoms with van der Waals surface area (Å²) in [5.41, 5.74) is -4.38. The van der Waals surface area contributed by atoms with E-state index in [1.807, 2.05) is 0 Å². The van der Waals surface area contributed by atoms with Gasteiger partial charge in [0.15, 0.2) is 0 Å². The van der Waals surface area contributed by atoms with Crippen LogP contribution in [0.1, 0.15) is 52.7 Å². The summed E-state index contributed by atoms with van der Waals surface area (Å²) >= 11 is 5.53. The first kappa shape index (κ1) is 24.9. The molecular formula is C22H20F6N2O2S. The van der Waals surface area contributed by atoms with Gasteiger partial charge in [-0.05, 0) is 49.1 Å². The first-order valence-corrected chi connectivity index (χ1v) is 10.4. The number of carbonyl (C=O) groups excluding carboxylic acids is 1. The third-order valence-corrected chi connectivity index (χ3v) is 6.29. The van der Waals surface area contributed by atoms with Crippen LogP contribution in [-0.2, 0) is 22.5 Å². The number of pyridine rings is 1. The Balaban J connectivity index is 2.04. The number of likely N-dealkylation sites (N-methyl/N-ethyl adjacent to an activating group) is 1. The molecule has 1 aliphatic carbocycles. The van der Waals surface area contributed by atoms with E-state index in [0.717, 1.165) is 6.42 Å². The fourth-order valence-corrected chi connectivity index (χ4v) is 4.49. The lowest BCUT2D eigenvalue weighted by atomic mass is 9.67. The Kier molecular flexibility index (Phi) is 7.01. The summed E-state index contributed by atoms with van der Waals surface area (Å²) in [5.74, 6) is -1.29. The van der Waals surface area contributed by atoms with Crippen LogP contribution in [0.25, 0.3) is 0 Å². The van der Waals surface area contributed by atoms with Gasteiger partial charge in [0.25, 0.3) is 0 Å². The van der Waals surface area contributed by atoms with Crippen molar-refractivity contribution in [2.24, 2.45) is 0 Å². The van der Waals surface area contributed by atoms with Crippen molar-refractivity contribution >= 4 is 23.2 Å². The Morgan fingerprint density at radius 3 is 2.27 bits per heavy atom. The fraction of sp³-hybridized carbons (Fsp3) is 0.409. The highest BCUT2D eigenvalue weighted by Crippen LogP contribution is 2.43. The second-order valence-electron chi connectivity index (χ2n) is 7.73. The van der Waals surface area contributed by atoms with Crippen molar-refractivity contribution in [2.45, 2.75) is 49.6 Å². The van der Waals surface area contributed by atoms with Crippen molar-refractivity contribution in [2.75, 3.05) is 7.05 Å². The molecule has 1 fully saturated rings. The van der Waals surface area contributed by atoms with Crippen LogP contribution >= 0.6 is 12.2 Å². The van der Waals surface area contributed by atoms with Crippen molar-refractivity contribution in [1.82, 2.24) is 10.3 Å². The van der Waals surface area contributed by atoms with E-state index in [1.54, 1.807) is 31.6 Å². The van der Waals surface area contributed by atoms with Crippen LogP contribution < -0.4 is 5.32 Å². The van der Waals surface area contributed by atoms with E-state index in [4.69, 9.17) is 17.0 Å². The third kappa shape index (κ3) is 5.13. The molecule has 0 spiro atoms. The predicted octanol–water partition coefficient (Wildman–Crippen LogP) is 5.70. The molecule has 1 aromatic heterocycles. The topological polar surface area (TPSA) is 51.2 Å². The summed E-state index contributed by atoms with van der Waals surface area (Å²) in [7, 11) is 1.59. The third-order valence-electron chi connectivity index (χ3n) is 5.72. The Morgan fingerprint density at radius 1 is 1.12 bits per heavy atom. The lowest BCUT2D eigenvalue weighted by Gasteiger charge is -2.43. The van der Waals surface area contributed by atoms with E-state index in [0.29, 0.717) is 41.9 Å². The minimum atomic E-state index is -5.08. The van der Waals surface area contributed by atoms with Crippen LogP contribution in [0.4, 0.5) is 26.3 Å². The van der Waals surface area contributed by atoms with Crippen LogP contribution in [0.5, 0.6) is 0 Å². The average Bonchev–Trinajstić information content (AvgIpc) is 2.78. The number of carbonyl (C=O) groups is 1. The number of halogens is 6. The summed E-state index contributed by atoms with van der Waals surface area (Å²) in [6.07, 6.45) is -5.79. The Morgan fingerprint density at radius 2 is 1.76 bits per heavy atom. The molecular weight excluding hydrogens is 470 g/mol. The van der Waals surface area contributed by atoms with Gasteiger partial charge in [-0.25, -0.2) is 4.79 Å². The van der Waals surface area contributed by atoms with Crippen LogP contribution in [0.15, 0.2) is 42.7 Å². The van der Waals surface area contributed by atoms with E-state index < -0.39 is 46.5 Å². The zero-order valence-corrected chi connectivity index (χ0v) is 18.2. The second-order valence-corrected chi connectivity index (χ2v) is 8.13. The van der Waals surface area contributed by atoms with Gasteiger partial charge < -0.3 is 10.1 Å². The lowest BCUT2D eigenvalue weighted by molar-refractivity contribution is -0.143. The molecule has 1 aliphatic rings. The number of rotatable bonds is 4. The highest BCUT2D eigenvalue weighted by molar-refractivity contribution is 7.80. The van der Waals surface area contributed by atoms with E-state index in [9.17, 15) is 31.1 Å². The molecule has 1 aromatic carbocycles. The van der Waals surface area contributed by atoms with Crippen molar-refractivity contribution in [1.29, 1.82) is 0 Å². The van der Waals surface area contributed by atoms with Crippen molar-refractivity contribution in [3.63, 3.8) is 0 Å². The van der Waals surface area contributed by atoms with Crippen molar-refractivity contribution in [3.8, 4) is 0 Å². The molecule has 0 saturated heterocycles. The zero-order valence-electron chi connectivity index (χ0n) is 17.4. The molecule has 2 atom stereocenters. The number of nitrogens with zero attached hydrogens (tertiary/aromatic N) is 1. The van der Waals surface area contributed by atoms with E-state index in [1.165, 1.54) is 0 Å². The molecule has 0 bridgehead atoms. The predicted molar refractivity (Wildman–Crippen MR) is 112 cm³/mol. The van der Waals surface area contributed by atoms with Gasteiger partial charge in [0, 0.05) is 19.4 Å². The van der Waals surface area contributed by atoms with E-state index >= 15 is 0 Å². The van der Waals surface area contributed by atoms with Crippen molar-refractivity contribution in [3.05, 3.63) is 65.0 Å². The number of ether oxygens (including phenoxy) is 1. The molecule has 3 rings (SSSR count). The van der Waals surface area contributed by atoms with Crippen LogP contribution in [-0.4, -0.2) is 29.1 Å². The van der Waals surface area contributed by atoms with Gasteiger partial charge in [0.05, 0.1) is 27.1 Å². The van der Waals surface area contributed by atoms with Crippen LogP contribution in [0, 0.1) is 0 Å². The molecule has 4 nitrogen and oxygen atoms in total. The summed E-state index contributed by atoms with van der Waals surface area (Å²) < 4.78 is 84.8. The highest BCUT2D eigenvalue weighted by Gasteiger charge is 2.48. The number of hydrogen-bond acceptors (Lipinski definition) is 4. The number of hydrogen-bond donors (Lipinski definition) is 1. The van der Waals surface area contributed by atoms with Gasteiger partial charge in [0.1, 0.15) is 6.10 Å². The van der Waals surface area contributed by atoms with Crippen LogP contribution in [0.3, 0.4) is 0 Å². The zero-order chi connectivity index (χ0) is 24.4. The number of nitrogens with one attached hydrogen (secondary N) is 1. The Hall–Kier alpha value is -2.69. The molecule has 0 amide bonds. The number of esters is 1. The summed E-state index contributed by atoms with van der Waals surface area (Å²) in [5, 5.41) is 2.89. The van der Waals surface area contributed by atoms with E-state index in [-0.39, 0.29) is 6.07 Å². The smallest absolute Gasteiger partial charge is 0.416 e. The number of aromatic nitrogens is 1. The molecule has 1 N–H and O–H groups in total. The van der Waals surface area contributed by atoms with Gasteiger partial charge in [-0.2, -0.15) is 26.3 Å². The largest absolute Gasteiger partial charge is 0.457 e. The van der Waals surface area contributed by atoms with Crippen molar-refractivity contribution < 1.29 is 35.9 Å². The van der Waals surface area contributed by atoms with Gasteiger partial charge in [0.2, 0.25) is 0 Å². The van der Waals surface area contributed by atoms with E-state index in [2.05, 4.69) is 10.3 Å². The number of thiocarbonyl (C=S) groups is 1. The van der Waals surface area contributed by atoms with Gasteiger partial charge >= 0.3 is 18.3 Å². The maximum absolute atomic E-state index is 13.2. The van der Waals surface area contributed by atoms with Gasteiger partial charge in [-0.3, -0.25) is 4.98 Å². The molecule has 0 radical (unpaired) electrons. The summed E-state index contributed by atoms with van der Waals surface area (Å²) in [6.45, 7) is 0. The minimum Gasteiger partial charge on any atom is -0.457 e. The fourth-order valence-electron chi connectivity index (χ4n) is 4.14. The average molecular weight is 490 g/mol. The second kappa shape index (κ2) is 9.28. The molecule has 1 saturated carbocycles. The number of alkyl halides is 6. The monoisotopic (exact) mass is 490 g/mol. The Labute approximate surface area is 191 Å². The first-order chi connectivity index (χ1) is 15.4. The SMILES string of the molecule is CNC(=S)C1(c2cccnc2)CCCCC1OC(=O)c1cc(C(F)(F)F)cc(C(F)(F)F)c1. The summed E-state index contributed by atoms with van der Waals surface area (Å²) in [6, 6.07) is 4.11. The minimum absolute atomic E-state index is 0.0343. The first-order valence-electron chi connectivity index (χ1n) is 10.0. The summed E-state index contributed by atoms with van der Waals surface area (Å²) in [4.78, 5) is 17.3. The van der Waals surface area contributed by atoms with Gasteiger partial charge in [-0.1, -0.05) is 24.7 Å². The normalized spacial score (nSPS) is 21.4. The quantitative estimate of drug-likeness (QED) is 0.338. The molecule has 0 aliphatic heterocycles.